The predicted octanol–water partition coefficient (Wildman–Crippen LogP) is 1.76. The van der Waals surface area contributed by atoms with Crippen LogP contribution in [0.3, 0.4) is 0 Å². The topological polar surface area (TPSA) is 58.7 Å². The Labute approximate surface area is 118 Å². The minimum atomic E-state index is -0.683. The number of morpholine rings is 1. The van der Waals surface area contributed by atoms with Crippen molar-refractivity contribution in [3.05, 3.63) is 0 Å². The van der Waals surface area contributed by atoms with Crippen LogP contribution in [0.4, 0.5) is 0 Å². The highest BCUT2D eigenvalue weighted by atomic mass is 16.5. The van der Waals surface area contributed by atoms with E-state index in [1.807, 2.05) is 6.92 Å². The number of rotatable bonds is 6. The summed E-state index contributed by atoms with van der Waals surface area (Å²) >= 11 is 0. The maximum Gasteiger partial charge on any atom is 0.0767 e. The van der Waals surface area contributed by atoms with Crippen molar-refractivity contribution >= 4 is 0 Å². The van der Waals surface area contributed by atoms with E-state index in [0.29, 0.717) is 6.54 Å². The van der Waals surface area contributed by atoms with Gasteiger partial charge in [0.1, 0.15) is 0 Å². The molecule has 0 bridgehead atoms. The summed E-state index contributed by atoms with van der Waals surface area (Å²) in [5.74, 6) is 0. The molecule has 1 saturated heterocycles. The van der Waals surface area contributed by atoms with Crippen molar-refractivity contribution in [2.75, 3.05) is 26.2 Å². The molecule has 1 unspecified atom stereocenters. The van der Waals surface area contributed by atoms with Gasteiger partial charge in [-0.15, -0.1) is 0 Å². The van der Waals surface area contributed by atoms with Crippen LogP contribution in [0.15, 0.2) is 0 Å². The van der Waals surface area contributed by atoms with Crippen LogP contribution in [0.25, 0.3) is 0 Å². The van der Waals surface area contributed by atoms with Crippen molar-refractivity contribution in [1.82, 2.24) is 4.90 Å². The van der Waals surface area contributed by atoms with Gasteiger partial charge < -0.3 is 15.6 Å². The van der Waals surface area contributed by atoms with E-state index >= 15 is 0 Å². The summed E-state index contributed by atoms with van der Waals surface area (Å²) in [6, 6.07) is 0. The zero-order chi connectivity index (χ0) is 14.7. The lowest BCUT2D eigenvalue weighted by molar-refractivity contribution is -0.180. The quantitative estimate of drug-likeness (QED) is 0.773. The lowest BCUT2D eigenvalue weighted by Gasteiger charge is -2.47. The van der Waals surface area contributed by atoms with Crippen molar-refractivity contribution in [2.45, 2.75) is 70.7 Å². The van der Waals surface area contributed by atoms with Crippen molar-refractivity contribution in [3.8, 4) is 0 Å². The highest BCUT2D eigenvalue weighted by molar-refractivity contribution is 4.89. The SMILES string of the molecule is CCC(O)(CN)CCCN1CC(C)(C)OC(C)(C)C1. The Hall–Kier alpha value is -0.160. The van der Waals surface area contributed by atoms with Crippen molar-refractivity contribution in [2.24, 2.45) is 5.73 Å². The molecule has 0 saturated carbocycles. The highest BCUT2D eigenvalue weighted by Gasteiger charge is 2.37. The molecule has 1 atom stereocenters. The summed E-state index contributed by atoms with van der Waals surface area (Å²) in [5, 5.41) is 10.2. The summed E-state index contributed by atoms with van der Waals surface area (Å²) in [5.41, 5.74) is 4.76. The number of hydrogen-bond acceptors (Lipinski definition) is 4. The summed E-state index contributed by atoms with van der Waals surface area (Å²) in [7, 11) is 0. The van der Waals surface area contributed by atoms with E-state index < -0.39 is 5.60 Å². The fraction of sp³-hybridized carbons (Fsp3) is 1.00. The van der Waals surface area contributed by atoms with Crippen molar-refractivity contribution < 1.29 is 9.84 Å². The lowest BCUT2D eigenvalue weighted by Crippen LogP contribution is -2.57. The van der Waals surface area contributed by atoms with Crippen molar-refractivity contribution in [3.63, 3.8) is 0 Å². The Balaban J connectivity index is 2.45. The first kappa shape index (κ1) is 16.9. The lowest BCUT2D eigenvalue weighted by atomic mass is 9.94. The van der Waals surface area contributed by atoms with E-state index in [-0.39, 0.29) is 11.2 Å². The largest absolute Gasteiger partial charge is 0.389 e. The molecule has 4 nitrogen and oxygen atoms in total. The van der Waals surface area contributed by atoms with Gasteiger partial charge in [-0.25, -0.2) is 0 Å². The van der Waals surface area contributed by atoms with Gasteiger partial charge in [0.05, 0.1) is 16.8 Å². The van der Waals surface area contributed by atoms with Crippen LogP contribution in [-0.2, 0) is 4.74 Å². The molecular weight excluding hydrogens is 240 g/mol. The molecule has 4 heteroatoms. The molecule has 1 rings (SSSR count). The number of hydrogen-bond donors (Lipinski definition) is 2. The highest BCUT2D eigenvalue weighted by Crippen LogP contribution is 2.28. The molecule has 1 heterocycles. The van der Waals surface area contributed by atoms with Gasteiger partial charge in [-0.1, -0.05) is 6.92 Å². The molecule has 19 heavy (non-hydrogen) atoms. The molecule has 0 spiro atoms. The number of nitrogens with two attached hydrogens (primary N) is 1. The van der Waals surface area contributed by atoms with Gasteiger partial charge in [0, 0.05) is 19.6 Å². The molecule has 0 radical (unpaired) electrons. The Morgan fingerprint density at radius 2 is 1.74 bits per heavy atom. The summed E-state index contributed by atoms with van der Waals surface area (Å²) < 4.78 is 6.07. The van der Waals surface area contributed by atoms with E-state index in [0.717, 1.165) is 38.9 Å². The summed E-state index contributed by atoms with van der Waals surface area (Å²) in [6.07, 6.45) is 2.48. The van der Waals surface area contributed by atoms with Crippen LogP contribution in [0.2, 0.25) is 0 Å². The first-order valence-electron chi connectivity index (χ1n) is 7.46. The van der Waals surface area contributed by atoms with E-state index in [9.17, 15) is 5.11 Å². The van der Waals surface area contributed by atoms with Crippen LogP contribution in [0, 0.1) is 0 Å². The molecular formula is C15H32N2O2. The van der Waals surface area contributed by atoms with Gasteiger partial charge in [-0.3, -0.25) is 4.90 Å². The second-order valence-corrected chi connectivity index (χ2v) is 7.22. The fourth-order valence-electron chi connectivity index (χ4n) is 3.16. The van der Waals surface area contributed by atoms with Gasteiger partial charge in [-0.2, -0.15) is 0 Å². The monoisotopic (exact) mass is 272 g/mol. The fourth-order valence-corrected chi connectivity index (χ4v) is 3.16. The Bertz CT molecular complexity index is 270. The van der Waals surface area contributed by atoms with Gasteiger partial charge in [0.15, 0.2) is 0 Å². The van der Waals surface area contributed by atoms with Crippen LogP contribution >= 0.6 is 0 Å². The third kappa shape index (κ3) is 5.38. The molecule has 1 fully saturated rings. The van der Waals surface area contributed by atoms with Gasteiger partial charge >= 0.3 is 0 Å². The molecule has 1 aliphatic heterocycles. The smallest absolute Gasteiger partial charge is 0.0767 e. The second-order valence-electron chi connectivity index (χ2n) is 7.22. The Morgan fingerprint density at radius 3 is 2.16 bits per heavy atom. The Morgan fingerprint density at radius 1 is 1.21 bits per heavy atom. The summed E-state index contributed by atoms with van der Waals surface area (Å²) in [6.45, 7) is 13.8. The minimum Gasteiger partial charge on any atom is -0.389 e. The van der Waals surface area contributed by atoms with E-state index in [4.69, 9.17) is 10.5 Å². The number of nitrogens with zero attached hydrogens (tertiary/aromatic N) is 1. The van der Waals surface area contributed by atoms with Crippen LogP contribution in [-0.4, -0.2) is 53.0 Å². The molecule has 3 N–H and O–H groups in total. The maximum atomic E-state index is 10.2. The van der Waals surface area contributed by atoms with E-state index in [2.05, 4.69) is 32.6 Å². The Kier molecular flexibility index (Phi) is 5.41. The second kappa shape index (κ2) is 6.08. The third-order valence-electron chi connectivity index (χ3n) is 3.92. The molecule has 0 aromatic rings. The standard InChI is InChI=1S/C15H32N2O2/c1-6-15(18,10-16)8-7-9-17-11-13(2,3)19-14(4,5)12-17/h18H,6-12,16H2,1-5H3. The average molecular weight is 272 g/mol. The molecule has 0 aliphatic carbocycles. The number of aliphatic hydroxyl groups is 1. The third-order valence-corrected chi connectivity index (χ3v) is 3.92. The minimum absolute atomic E-state index is 0.101. The van der Waals surface area contributed by atoms with E-state index in [1.165, 1.54) is 0 Å². The van der Waals surface area contributed by atoms with Gasteiger partial charge in [-0.05, 0) is 53.5 Å². The zero-order valence-corrected chi connectivity index (χ0v) is 13.3. The normalized spacial score (nSPS) is 26.1. The van der Waals surface area contributed by atoms with Crippen molar-refractivity contribution in [1.29, 1.82) is 0 Å². The molecule has 0 aromatic carbocycles. The van der Waals surface area contributed by atoms with Crippen LogP contribution < -0.4 is 5.73 Å². The molecule has 0 aromatic heterocycles. The predicted molar refractivity (Wildman–Crippen MR) is 79.2 cm³/mol. The first-order valence-corrected chi connectivity index (χ1v) is 7.46. The average Bonchev–Trinajstić information content (AvgIpc) is 2.24. The van der Waals surface area contributed by atoms with Crippen LogP contribution in [0.5, 0.6) is 0 Å². The van der Waals surface area contributed by atoms with Crippen LogP contribution in [0.1, 0.15) is 53.9 Å². The number of ether oxygens (including phenoxy) is 1. The van der Waals surface area contributed by atoms with Gasteiger partial charge in [0.25, 0.3) is 0 Å². The molecule has 114 valence electrons. The van der Waals surface area contributed by atoms with Gasteiger partial charge in [0.2, 0.25) is 0 Å². The van der Waals surface area contributed by atoms with E-state index in [1.54, 1.807) is 0 Å². The maximum absolute atomic E-state index is 10.2. The molecule has 1 aliphatic rings. The summed E-state index contributed by atoms with van der Waals surface area (Å²) in [4.78, 5) is 2.44. The zero-order valence-electron chi connectivity index (χ0n) is 13.3. The molecule has 0 amide bonds. The first-order chi connectivity index (χ1) is 8.61.